The Balaban J connectivity index is 1.54. The minimum atomic E-state index is 0.0234. The lowest BCUT2D eigenvalue weighted by molar-refractivity contribution is -0.127. The summed E-state index contributed by atoms with van der Waals surface area (Å²) in [6.45, 7) is 4.71. The molecule has 2 aliphatic heterocycles. The number of amides is 1. The molecular formula is C17H21Cl3N4OS. The standard InChI is InChI=1S/C17H21Cl3N4OS/c1-22-4-6-24(7-5-22)21-16(25)10-23-9-12(26-11-23)8-13-14(18)2-3-15(19)17(13)20/h2-3,8H,4-7,9-11H2,1H3,(H,21,25)/b12-8+. The van der Waals surface area contributed by atoms with E-state index >= 15 is 0 Å². The Morgan fingerprint density at radius 3 is 2.62 bits per heavy atom. The molecule has 2 heterocycles. The van der Waals surface area contributed by atoms with Gasteiger partial charge in [0.15, 0.2) is 0 Å². The van der Waals surface area contributed by atoms with Crippen LogP contribution in [0.4, 0.5) is 0 Å². The lowest BCUT2D eigenvalue weighted by Gasteiger charge is -2.32. The number of benzene rings is 1. The van der Waals surface area contributed by atoms with Crippen molar-refractivity contribution < 1.29 is 4.79 Å². The van der Waals surface area contributed by atoms with Crippen LogP contribution in [0, 0.1) is 0 Å². The van der Waals surface area contributed by atoms with E-state index in [2.05, 4.69) is 22.3 Å². The number of likely N-dealkylation sites (N-methyl/N-ethyl adjacent to an activating group) is 1. The van der Waals surface area contributed by atoms with Gasteiger partial charge in [0.1, 0.15) is 0 Å². The van der Waals surface area contributed by atoms with Gasteiger partial charge in [-0.25, -0.2) is 5.01 Å². The molecule has 1 amide bonds. The van der Waals surface area contributed by atoms with Crippen LogP contribution in [0.1, 0.15) is 5.56 Å². The summed E-state index contributed by atoms with van der Waals surface area (Å²) in [4.78, 5) is 17.7. The monoisotopic (exact) mass is 434 g/mol. The molecule has 5 nitrogen and oxygen atoms in total. The molecule has 0 saturated carbocycles. The second kappa shape index (κ2) is 9.15. The van der Waals surface area contributed by atoms with Gasteiger partial charge in [-0.1, -0.05) is 34.8 Å². The molecule has 0 unspecified atom stereocenters. The number of hydrazine groups is 1. The predicted octanol–water partition coefficient (Wildman–Crippen LogP) is 3.27. The third-order valence-electron chi connectivity index (χ3n) is 4.35. The van der Waals surface area contributed by atoms with Gasteiger partial charge in [0.05, 0.1) is 16.6 Å². The number of rotatable bonds is 4. The van der Waals surface area contributed by atoms with Crippen molar-refractivity contribution >= 4 is 58.5 Å². The molecule has 1 aromatic carbocycles. The van der Waals surface area contributed by atoms with Gasteiger partial charge in [-0.15, -0.1) is 11.8 Å². The van der Waals surface area contributed by atoms with Crippen LogP contribution in [0.2, 0.25) is 15.1 Å². The van der Waals surface area contributed by atoms with E-state index in [0.717, 1.165) is 42.5 Å². The van der Waals surface area contributed by atoms with E-state index in [1.807, 2.05) is 11.1 Å². The van der Waals surface area contributed by atoms with E-state index in [9.17, 15) is 4.79 Å². The largest absolute Gasteiger partial charge is 0.304 e. The van der Waals surface area contributed by atoms with Crippen LogP contribution in [0.15, 0.2) is 17.0 Å². The van der Waals surface area contributed by atoms with Gasteiger partial charge in [-0.2, -0.15) is 0 Å². The number of hydrogen-bond donors (Lipinski definition) is 1. The van der Waals surface area contributed by atoms with Gasteiger partial charge in [0, 0.05) is 54.1 Å². The van der Waals surface area contributed by atoms with Gasteiger partial charge in [0.2, 0.25) is 5.91 Å². The van der Waals surface area contributed by atoms with Crippen LogP contribution in [0.3, 0.4) is 0 Å². The molecule has 26 heavy (non-hydrogen) atoms. The van der Waals surface area contributed by atoms with Crippen molar-refractivity contribution in [2.75, 3.05) is 52.2 Å². The van der Waals surface area contributed by atoms with Crippen LogP contribution in [-0.4, -0.2) is 72.9 Å². The highest BCUT2D eigenvalue weighted by atomic mass is 35.5. The summed E-state index contributed by atoms with van der Waals surface area (Å²) in [5, 5.41) is 3.50. The molecule has 0 spiro atoms. The first kappa shape index (κ1) is 20.3. The van der Waals surface area contributed by atoms with E-state index in [-0.39, 0.29) is 5.91 Å². The molecule has 2 aliphatic rings. The molecule has 9 heteroatoms. The number of hydrogen-bond acceptors (Lipinski definition) is 5. The second-order valence-electron chi connectivity index (χ2n) is 6.45. The maximum atomic E-state index is 12.3. The Kier molecular flexibility index (Phi) is 7.13. The molecule has 3 rings (SSSR count). The zero-order chi connectivity index (χ0) is 18.7. The van der Waals surface area contributed by atoms with Crippen molar-refractivity contribution in [1.82, 2.24) is 20.2 Å². The molecule has 0 aliphatic carbocycles. The fourth-order valence-corrected chi connectivity index (χ4v) is 4.49. The summed E-state index contributed by atoms with van der Waals surface area (Å²) >= 11 is 20.3. The van der Waals surface area contributed by atoms with Gasteiger partial charge >= 0.3 is 0 Å². The highest BCUT2D eigenvalue weighted by Gasteiger charge is 2.22. The van der Waals surface area contributed by atoms with Crippen molar-refractivity contribution in [3.8, 4) is 0 Å². The highest BCUT2D eigenvalue weighted by Crippen LogP contribution is 2.36. The Hall–Kier alpha value is -0.470. The molecule has 1 N–H and O–H groups in total. The van der Waals surface area contributed by atoms with Crippen LogP contribution >= 0.6 is 46.6 Å². The number of carbonyl (C=O) groups is 1. The fourth-order valence-electron chi connectivity index (χ4n) is 2.84. The maximum Gasteiger partial charge on any atom is 0.248 e. The minimum Gasteiger partial charge on any atom is -0.304 e. The Labute approximate surface area is 173 Å². The fraction of sp³-hybridized carbons (Fsp3) is 0.471. The molecule has 142 valence electrons. The number of nitrogens with zero attached hydrogens (tertiary/aromatic N) is 3. The van der Waals surface area contributed by atoms with E-state index in [0.29, 0.717) is 28.2 Å². The predicted molar refractivity (Wildman–Crippen MR) is 111 cm³/mol. The summed E-state index contributed by atoms with van der Waals surface area (Å²) < 4.78 is 0. The van der Waals surface area contributed by atoms with Gasteiger partial charge in [-0.05, 0) is 25.3 Å². The summed E-state index contributed by atoms with van der Waals surface area (Å²) in [5.74, 6) is 0.785. The van der Waals surface area contributed by atoms with E-state index in [1.54, 1.807) is 23.9 Å². The number of thioether (sulfide) groups is 1. The van der Waals surface area contributed by atoms with Gasteiger partial charge in [0.25, 0.3) is 0 Å². The zero-order valence-electron chi connectivity index (χ0n) is 14.5. The van der Waals surface area contributed by atoms with Gasteiger partial charge in [-0.3, -0.25) is 15.1 Å². The first-order valence-electron chi connectivity index (χ1n) is 8.34. The number of halogens is 3. The third kappa shape index (κ3) is 5.29. The summed E-state index contributed by atoms with van der Waals surface area (Å²) in [5.41, 5.74) is 3.72. The van der Waals surface area contributed by atoms with Crippen molar-refractivity contribution in [3.05, 3.63) is 37.7 Å². The Bertz CT molecular complexity index is 707. The number of piperazine rings is 1. The van der Waals surface area contributed by atoms with Crippen molar-refractivity contribution in [2.45, 2.75) is 0 Å². The van der Waals surface area contributed by atoms with Crippen molar-refractivity contribution in [1.29, 1.82) is 0 Å². The molecule has 2 saturated heterocycles. The van der Waals surface area contributed by atoms with Crippen LogP contribution in [0.5, 0.6) is 0 Å². The average Bonchev–Trinajstić information content (AvgIpc) is 3.04. The molecular weight excluding hydrogens is 415 g/mol. The van der Waals surface area contributed by atoms with E-state index in [1.165, 1.54) is 0 Å². The molecule has 2 fully saturated rings. The van der Waals surface area contributed by atoms with Crippen LogP contribution in [-0.2, 0) is 4.79 Å². The molecule has 0 atom stereocenters. The zero-order valence-corrected chi connectivity index (χ0v) is 17.6. The average molecular weight is 436 g/mol. The first-order valence-corrected chi connectivity index (χ1v) is 10.5. The van der Waals surface area contributed by atoms with E-state index in [4.69, 9.17) is 34.8 Å². The van der Waals surface area contributed by atoms with Crippen LogP contribution in [0.25, 0.3) is 6.08 Å². The molecule has 0 radical (unpaired) electrons. The normalized spacial score (nSPS) is 21.5. The molecule has 0 bridgehead atoms. The molecule has 1 aromatic rings. The topological polar surface area (TPSA) is 38.8 Å². The summed E-state index contributed by atoms with van der Waals surface area (Å²) in [7, 11) is 2.09. The maximum absolute atomic E-state index is 12.3. The number of nitrogens with one attached hydrogen (secondary N) is 1. The Morgan fingerprint density at radius 1 is 1.19 bits per heavy atom. The SMILES string of the molecule is CN1CCN(NC(=O)CN2CS/C(=C/c3c(Cl)ccc(Cl)c3Cl)C2)CC1. The van der Waals surface area contributed by atoms with Crippen LogP contribution < -0.4 is 5.43 Å². The second-order valence-corrected chi connectivity index (χ2v) is 8.72. The highest BCUT2D eigenvalue weighted by molar-refractivity contribution is 8.03. The minimum absolute atomic E-state index is 0.0234. The smallest absolute Gasteiger partial charge is 0.248 e. The summed E-state index contributed by atoms with van der Waals surface area (Å²) in [6.07, 6.45) is 1.96. The first-order chi connectivity index (χ1) is 12.4. The van der Waals surface area contributed by atoms with Crippen molar-refractivity contribution in [2.24, 2.45) is 0 Å². The van der Waals surface area contributed by atoms with E-state index < -0.39 is 0 Å². The quantitative estimate of drug-likeness (QED) is 0.735. The van der Waals surface area contributed by atoms with Crippen molar-refractivity contribution in [3.63, 3.8) is 0 Å². The summed E-state index contributed by atoms with van der Waals surface area (Å²) in [6, 6.07) is 3.42. The Morgan fingerprint density at radius 2 is 1.88 bits per heavy atom. The molecule has 0 aromatic heterocycles. The van der Waals surface area contributed by atoms with Gasteiger partial charge < -0.3 is 4.90 Å². The number of carbonyl (C=O) groups excluding carboxylic acids is 1. The third-order valence-corrected chi connectivity index (χ3v) is 6.61. The lowest BCUT2D eigenvalue weighted by atomic mass is 10.2. The lowest BCUT2D eigenvalue weighted by Crippen LogP contribution is -2.54.